The first-order chi connectivity index (χ1) is 5.45. The van der Waals surface area contributed by atoms with Gasteiger partial charge in [-0.1, -0.05) is 0 Å². The predicted molar refractivity (Wildman–Crippen MR) is 40.9 cm³/mol. The van der Waals surface area contributed by atoms with E-state index in [9.17, 15) is 9.59 Å². The van der Waals surface area contributed by atoms with Crippen molar-refractivity contribution in [3.63, 3.8) is 0 Å². The molecule has 0 aromatic rings. The number of hydrogen-bond donors (Lipinski definition) is 2. The van der Waals surface area contributed by atoms with E-state index in [2.05, 4.69) is 4.74 Å². The summed E-state index contributed by atoms with van der Waals surface area (Å²) in [6, 6.07) is 0. The summed E-state index contributed by atoms with van der Waals surface area (Å²) in [6.45, 7) is 1.52. The number of Topliss-reactive ketones (excluding diaryl/α,β-unsaturated/α-hetero) is 1. The van der Waals surface area contributed by atoms with Crippen molar-refractivity contribution >= 4 is 23.4 Å². The molecule has 0 aromatic heterocycles. The number of carbonyl (C=O) groups is 2. The van der Waals surface area contributed by atoms with Crippen molar-refractivity contribution in [2.75, 3.05) is 7.11 Å². The number of ether oxygens (including phenoxy) is 1. The molecule has 2 N–H and O–H groups in total. The number of methoxy groups -OCH3 is 1. The molecular weight excluding hydrogens is 211 g/mol. The monoisotopic (exact) mass is 221 g/mol. The maximum atomic E-state index is 10.2. The van der Waals surface area contributed by atoms with Gasteiger partial charge < -0.3 is 4.74 Å². The number of hydrogen-bond acceptors (Lipinski definition) is 4. The van der Waals surface area contributed by atoms with Gasteiger partial charge in [0, 0.05) is 7.11 Å². The van der Waals surface area contributed by atoms with E-state index in [0.29, 0.717) is 0 Å². The molecule has 72 valence electrons. The molecule has 0 amide bonds. The van der Waals surface area contributed by atoms with Gasteiger partial charge in [-0.05, 0) is 6.92 Å². The molecule has 0 spiro atoms. The Bertz CT molecular complexity index is 168. The van der Waals surface area contributed by atoms with E-state index in [1.807, 2.05) is 0 Å². The Labute approximate surface area is 100 Å². The quantitative estimate of drug-likeness (QED) is 0.222. The zero-order valence-electron chi connectivity index (χ0n) is 7.59. The molecule has 0 saturated heterocycles. The molecule has 0 radical (unpaired) electrons. The Balaban J connectivity index is -0.000000173. The Morgan fingerprint density at radius 1 is 1.54 bits per heavy atom. The Morgan fingerprint density at radius 2 is 1.85 bits per heavy atom. The molecule has 6 nitrogen and oxygen atoms in total. The summed E-state index contributed by atoms with van der Waals surface area (Å²) in [4.78, 5) is 19.9. The third-order valence-corrected chi connectivity index (χ3v) is 0.870. The van der Waals surface area contributed by atoms with Gasteiger partial charge in [0.05, 0.1) is 0 Å². The predicted octanol–water partition coefficient (Wildman–Crippen LogP) is -3.53. The van der Waals surface area contributed by atoms with Gasteiger partial charge in [-0.25, -0.2) is 0 Å². The second kappa shape index (κ2) is 12.4. The van der Waals surface area contributed by atoms with Crippen LogP contribution in [0.1, 0.15) is 6.92 Å². The van der Waals surface area contributed by atoms with Crippen molar-refractivity contribution in [2.45, 2.75) is 13.0 Å². The van der Waals surface area contributed by atoms with Crippen LogP contribution in [0.2, 0.25) is 0 Å². The molecule has 0 saturated carbocycles. The average molecular weight is 221 g/mol. The molecule has 13 heavy (non-hydrogen) atoms. The fraction of sp³-hybridized carbons (Fsp3) is 0.600. The van der Waals surface area contributed by atoms with Gasteiger partial charge in [-0.3, -0.25) is 18.7 Å². The minimum Gasteiger partial charge on any atom is -0.373 e. The Kier molecular flexibility index (Phi) is 18.1. The van der Waals surface area contributed by atoms with Crippen molar-refractivity contribution in [3.8, 4) is 0 Å². The van der Waals surface area contributed by atoms with E-state index in [0.717, 1.165) is 0 Å². The molecule has 0 aliphatic carbocycles. The molecule has 0 rings (SSSR count). The summed E-state index contributed by atoms with van der Waals surface area (Å²) >= 11 is -2.61. The summed E-state index contributed by atoms with van der Waals surface area (Å²) in [5.41, 5.74) is 0. The van der Waals surface area contributed by atoms with Crippen LogP contribution < -0.4 is 29.6 Å². The number of aldehydes is 1. The molecule has 0 aliphatic heterocycles. The van der Waals surface area contributed by atoms with Crippen LogP contribution in [0.4, 0.5) is 0 Å². The SMILES string of the molecule is COC(C)C(=O)C=O.O=S(O)O.[Na+]. The van der Waals surface area contributed by atoms with Crippen molar-refractivity contribution in [2.24, 2.45) is 0 Å². The normalized spacial score (nSPS) is 10.5. The summed E-state index contributed by atoms with van der Waals surface area (Å²) in [5.74, 6) is -0.521. The van der Waals surface area contributed by atoms with Gasteiger partial charge in [0.15, 0.2) is 6.29 Å². The molecule has 0 fully saturated rings. The van der Waals surface area contributed by atoms with Crippen LogP contribution >= 0.6 is 0 Å². The van der Waals surface area contributed by atoms with Crippen LogP contribution in [0, 0.1) is 0 Å². The Morgan fingerprint density at radius 3 is 1.92 bits per heavy atom. The van der Waals surface area contributed by atoms with E-state index < -0.39 is 23.2 Å². The fourth-order valence-corrected chi connectivity index (χ4v) is 0.212. The molecule has 8 heteroatoms. The van der Waals surface area contributed by atoms with E-state index in [1.165, 1.54) is 14.0 Å². The van der Waals surface area contributed by atoms with Gasteiger partial charge in [-0.15, -0.1) is 0 Å². The first-order valence-corrected chi connectivity index (χ1v) is 3.83. The van der Waals surface area contributed by atoms with Crippen molar-refractivity contribution in [3.05, 3.63) is 0 Å². The molecule has 0 aliphatic rings. The maximum absolute atomic E-state index is 10.2. The first-order valence-electron chi connectivity index (χ1n) is 2.77. The van der Waals surface area contributed by atoms with Crippen molar-refractivity contribution < 1.29 is 57.2 Å². The standard InChI is InChI=1S/C5H8O3.Na.H2O3S/c1-4(8-2)5(7)3-6;;1-4(2)3/h3-4H,1-2H3;;(H2,1,2,3)/q;+1;. The molecule has 1 unspecified atom stereocenters. The summed E-state index contributed by atoms with van der Waals surface area (Å²) in [7, 11) is 1.38. The second-order valence-corrected chi connectivity index (χ2v) is 2.09. The molecule has 1 atom stereocenters. The second-order valence-electron chi connectivity index (χ2n) is 1.63. The minimum absolute atomic E-state index is 0. The fourth-order valence-electron chi connectivity index (χ4n) is 0.212. The topological polar surface area (TPSA) is 101 Å². The molecular formula is C5H10NaO6S+. The van der Waals surface area contributed by atoms with Gasteiger partial charge in [-0.2, -0.15) is 4.21 Å². The van der Waals surface area contributed by atoms with E-state index in [-0.39, 0.29) is 35.8 Å². The van der Waals surface area contributed by atoms with Crippen molar-refractivity contribution in [1.82, 2.24) is 0 Å². The van der Waals surface area contributed by atoms with E-state index in [1.54, 1.807) is 0 Å². The van der Waals surface area contributed by atoms with Crippen LogP contribution in [0.5, 0.6) is 0 Å². The number of rotatable bonds is 3. The van der Waals surface area contributed by atoms with E-state index in [4.69, 9.17) is 13.3 Å². The molecule has 0 bridgehead atoms. The van der Waals surface area contributed by atoms with Crippen LogP contribution in [0.15, 0.2) is 0 Å². The summed E-state index contributed by atoms with van der Waals surface area (Å²) in [5, 5.41) is 0. The maximum Gasteiger partial charge on any atom is 1.00 e. The smallest absolute Gasteiger partial charge is 0.373 e. The van der Waals surface area contributed by atoms with Crippen molar-refractivity contribution in [1.29, 1.82) is 0 Å². The first kappa shape index (κ1) is 19.0. The summed E-state index contributed by atoms with van der Waals surface area (Å²) in [6.07, 6.45) is -0.332. The van der Waals surface area contributed by atoms with Crippen LogP contribution in [0.3, 0.4) is 0 Å². The number of carbonyl (C=O) groups excluding carboxylic acids is 2. The van der Waals surface area contributed by atoms with E-state index >= 15 is 0 Å². The van der Waals surface area contributed by atoms with Gasteiger partial charge in [0.2, 0.25) is 5.78 Å². The third-order valence-electron chi connectivity index (χ3n) is 0.870. The summed E-state index contributed by atoms with van der Waals surface area (Å²) < 4.78 is 27.4. The van der Waals surface area contributed by atoms with Crippen LogP contribution in [0.25, 0.3) is 0 Å². The van der Waals surface area contributed by atoms with Gasteiger partial charge >= 0.3 is 29.6 Å². The van der Waals surface area contributed by atoms with Gasteiger partial charge in [0.25, 0.3) is 11.4 Å². The average Bonchev–Trinajstić information content (AvgIpc) is 2.00. The molecule has 0 aromatic carbocycles. The third kappa shape index (κ3) is 19.0. The minimum atomic E-state index is -2.61. The van der Waals surface area contributed by atoms with Gasteiger partial charge in [0.1, 0.15) is 6.10 Å². The zero-order chi connectivity index (χ0) is 10.1. The largest absolute Gasteiger partial charge is 1.00 e. The zero-order valence-corrected chi connectivity index (χ0v) is 10.4. The Hall–Kier alpha value is 0.370. The number of ketones is 1. The van der Waals surface area contributed by atoms with Crippen LogP contribution in [-0.2, 0) is 25.7 Å². The molecule has 0 heterocycles. The van der Waals surface area contributed by atoms with Crippen LogP contribution in [-0.4, -0.2) is 38.6 Å².